The molecule has 0 spiro atoms. The number of nitrogen functional groups attached to an aromatic ring is 1. The van der Waals surface area contributed by atoms with Crippen LogP contribution < -0.4 is 5.73 Å². The summed E-state index contributed by atoms with van der Waals surface area (Å²) in [7, 11) is 0. The van der Waals surface area contributed by atoms with Crippen molar-refractivity contribution in [3.05, 3.63) is 29.6 Å². The SMILES string of the molecule is CCOC(=O)c1ccc2n1CCCc1cnc(N)nc1-2. The Morgan fingerprint density at radius 2 is 2.35 bits per heavy atom. The quantitative estimate of drug-likeness (QED) is 0.840. The molecule has 2 aromatic rings. The second-order valence-corrected chi connectivity index (χ2v) is 4.68. The number of hydrogen-bond donors (Lipinski definition) is 1. The fourth-order valence-corrected chi connectivity index (χ4v) is 2.55. The second-order valence-electron chi connectivity index (χ2n) is 4.68. The van der Waals surface area contributed by atoms with E-state index in [2.05, 4.69) is 9.97 Å². The number of rotatable bonds is 2. The Bertz CT molecular complexity index is 663. The third-order valence-electron chi connectivity index (χ3n) is 3.42. The van der Waals surface area contributed by atoms with Gasteiger partial charge < -0.3 is 15.0 Å². The lowest BCUT2D eigenvalue weighted by atomic mass is 10.1. The molecule has 0 radical (unpaired) electrons. The van der Waals surface area contributed by atoms with Crippen molar-refractivity contribution < 1.29 is 9.53 Å². The van der Waals surface area contributed by atoms with E-state index in [0.29, 0.717) is 12.3 Å². The van der Waals surface area contributed by atoms with Gasteiger partial charge in [0.2, 0.25) is 5.95 Å². The largest absolute Gasteiger partial charge is 0.461 e. The van der Waals surface area contributed by atoms with E-state index in [1.165, 1.54) is 0 Å². The van der Waals surface area contributed by atoms with Crippen molar-refractivity contribution in [2.24, 2.45) is 0 Å². The van der Waals surface area contributed by atoms with Crippen molar-refractivity contribution in [2.45, 2.75) is 26.3 Å². The van der Waals surface area contributed by atoms with Gasteiger partial charge in [0.25, 0.3) is 0 Å². The van der Waals surface area contributed by atoms with E-state index in [9.17, 15) is 4.79 Å². The molecule has 0 atom stereocenters. The maximum absolute atomic E-state index is 12.0. The molecule has 6 nitrogen and oxygen atoms in total. The van der Waals surface area contributed by atoms with Crippen LogP contribution in [0.3, 0.4) is 0 Å². The highest BCUT2D eigenvalue weighted by molar-refractivity contribution is 5.89. The van der Waals surface area contributed by atoms with Crippen molar-refractivity contribution in [1.82, 2.24) is 14.5 Å². The number of esters is 1. The van der Waals surface area contributed by atoms with Crippen molar-refractivity contribution in [3.8, 4) is 11.4 Å². The number of carbonyl (C=O) groups is 1. The molecule has 2 N–H and O–H groups in total. The maximum atomic E-state index is 12.0. The van der Waals surface area contributed by atoms with Crippen LogP contribution in [-0.4, -0.2) is 27.1 Å². The van der Waals surface area contributed by atoms with E-state index in [4.69, 9.17) is 10.5 Å². The highest BCUT2D eigenvalue weighted by Gasteiger charge is 2.22. The molecular weight excluding hydrogens is 256 g/mol. The van der Waals surface area contributed by atoms with Gasteiger partial charge in [0.15, 0.2) is 0 Å². The van der Waals surface area contributed by atoms with Crippen LogP contribution in [0.1, 0.15) is 29.4 Å². The molecular formula is C14H16N4O2. The third-order valence-corrected chi connectivity index (χ3v) is 3.42. The van der Waals surface area contributed by atoms with Crippen LogP contribution in [-0.2, 0) is 17.7 Å². The first-order valence-corrected chi connectivity index (χ1v) is 6.69. The van der Waals surface area contributed by atoms with E-state index in [1.807, 2.05) is 10.6 Å². The van der Waals surface area contributed by atoms with Crippen LogP contribution in [0, 0.1) is 0 Å². The Morgan fingerprint density at radius 3 is 3.15 bits per heavy atom. The van der Waals surface area contributed by atoms with Crippen LogP contribution in [0.2, 0.25) is 0 Å². The monoisotopic (exact) mass is 272 g/mol. The topological polar surface area (TPSA) is 83.0 Å². The Balaban J connectivity index is 2.12. The van der Waals surface area contributed by atoms with Gasteiger partial charge in [-0.15, -0.1) is 0 Å². The van der Waals surface area contributed by atoms with Gasteiger partial charge in [-0.25, -0.2) is 14.8 Å². The molecule has 0 unspecified atom stereocenters. The molecule has 3 rings (SSSR count). The summed E-state index contributed by atoms with van der Waals surface area (Å²) in [6, 6.07) is 3.67. The average molecular weight is 272 g/mol. The van der Waals surface area contributed by atoms with Crippen LogP contribution in [0.25, 0.3) is 11.4 Å². The molecule has 104 valence electrons. The fourth-order valence-electron chi connectivity index (χ4n) is 2.55. The van der Waals surface area contributed by atoms with E-state index in [0.717, 1.165) is 36.3 Å². The lowest BCUT2D eigenvalue weighted by molar-refractivity contribution is 0.0514. The predicted molar refractivity (Wildman–Crippen MR) is 74.1 cm³/mol. The summed E-state index contributed by atoms with van der Waals surface area (Å²) in [4.78, 5) is 20.3. The highest BCUT2D eigenvalue weighted by atomic mass is 16.5. The number of fused-ring (bicyclic) bond motifs is 3. The number of aromatic nitrogens is 3. The summed E-state index contributed by atoms with van der Waals surface area (Å²) >= 11 is 0. The normalized spacial score (nSPS) is 13.2. The number of aryl methyl sites for hydroxylation is 1. The minimum Gasteiger partial charge on any atom is -0.461 e. The number of anilines is 1. The predicted octanol–water partition coefficient (Wildman–Crippen LogP) is 1.65. The molecule has 0 fully saturated rings. The molecule has 0 aromatic carbocycles. The molecule has 0 saturated carbocycles. The number of ether oxygens (including phenoxy) is 1. The van der Waals surface area contributed by atoms with Crippen LogP contribution in [0.4, 0.5) is 5.95 Å². The van der Waals surface area contributed by atoms with Crippen LogP contribution >= 0.6 is 0 Å². The van der Waals surface area contributed by atoms with Gasteiger partial charge in [0.1, 0.15) is 5.69 Å². The number of nitrogens with two attached hydrogens (primary N) is 1. The standard InChI is InChI=1S/C14H16N4O2/c1-2-20-13(19)11-6-5-10-12-9(4-3-7-18(10)11)8-16-14(15)17-12/h5-6,8H,2-4,7H2,1H3,(H2,15,16,17). The molecule has 0 saturated heterocycles. The first kappa shape index (κ1) is 12.7. The summed E-state index contributed by atoms with van der Waals surface area (Å²) in [5, 5.41) is 0. The second kappa shape index (κ2) is 4.96. The van der Waals surface area contributed by atoms with E-state index >= 15 is 0 Å². The van der Waals surface area contributed by atoms with Crippen molar-refractivity contribution in [3.63, 3.8) is 0 Å². The van der Waals surface area contributed by atoms with Gasteiger partial charge in [0.05, 0.1) is 18.0 Å². The maximum Gasteiger partial charge on any atom is 0.354 e. The summed E-state index contributed by atoms with van der Waals surface area (Å²) < 4.78 is 7.04. The fraction of sp³-hybridized carbons (Fsp3) is 0.357. The molecule has 1 aliphatic heterocycles. The lowest BCUT2D eigenvalue weighted by Gasteiger charge is -2.10. The molecule has 6 heteroatoms. The number of carbonyl (C=O) groups excluding carboxylic acids is 1. The van der Waals surface area contributed by atoms with E-state index in [1.54, 1.807) is 19.2 Å². The third kappa shape index (κ3) is 2.03. The smallest absolute Gasteiger partial charge is 0.354 e. The Hall–Kier alpha value is -2.37. The zero-order valence-electron chi connectivity index (χ0n) is 11.3. The minimum atomic E-state index is -0.302. The van der Waals surface area contributed by atoms with Gasteiger partial charge >= 0.3 is 5.97 Å². The van der Waals surface area contributed by atoms with Gasteiger partial charge in [0, 0.05) is 12.7 Å². The highest BCUT2D eigenvalue weighted by Crippen LogP contribution is 2.29. The first-order valence-electron chi connectivity index (χ1n) is 6.69. The summed E-state index contributed by atoms with van der Waals surface area (Å²) in [5.41, 5.74) is 9.01. The lowest BCUT2D eigenvalue weighted by Crippen LogP contribution is -2.12. The summed E-state index contributed by atoms with van der Waals surface area (Å²) in [6.07, 6.45) is 3.57. The molecule has 2 aromatic heterocycles. The van der Waals surface area contributed by atoms with E-state index in [-0.39, 0.29) is 11.9 Å². The molecule has 20 heavy (non-hydrogen) atoms. The summed E-state index contributed by atoms with van der Waals surface area (Å²) in [5.74, 6) is -0.0553. The Kier molecular flexibility index (Phi) is 3.14. The summed E-state index contributed by atoms with van der Waals surface area (Å²) in [6.45, 7) is 2.92. The number of nitrogens with zero attached hydrogens (tertiary/aromatic N) is 3. The van der Waals surface area contributed by atoms with Crippen molar-refractivity contribution in [1.29, 1.82) is 0 Å². The zero-order chi connectivity index (χ0) is 14.1. The molecule has 3 heterocycles. The average Bonchev–Trinajstić information content (AvgIpc) is 2.77. The molecule has 0 amide bonds. The van der Waals surface area contributed by atoms with Crippen molar-refractivity contribution >= 4 is 11.9 Å². The zero-order valence-corrected chi connectivity index (χ0v) is 11.3. The van der Waals surface area contributed by atoms with Gasteiger partial charge in [-0.1, -0.05) is 0 Å². The van der Waals surface area contributed by atoms with Crippen LogP contribution in [0.5, 0.6) is 0 Å². The Labute approximate surface area is 116 Å². The molecule has 0 aliphatic carbocycles. The van der Waals surface area contributed by atoms with Crippen LogP contribution in [0.15, 0.2) is 18.3 Å². The van der Waals surface area contributed by atoms with Gasteiger partial charge in [-0.2, -0.15) is 0 Å². The van der Waals surface area contributed by atoms with Gasteiger partial charge in [-0.3, -0.25) is 0 Å². The Morgan fingerprint density at radius 1 is 1.50 bits per heavy atom. The number of hydrogen-bond acceptors (Lipinski definition) is 5. The molecule has 1 aliphatic rings. The molecule has 0 bridgehead atoms. The van der Waals surface area contributed by atoms with E-state index < -0.39 is 0 Å². The first-order chi connectivity index (χ1) is 9.70. The van der Waals surface area contributed by atoms with Crippen molar-refractivity contribution in [2.75, 3.05) is 12.3 Å². The minimum absolute atomic E-state index is 0.246. The van der Waals surface area contributed by atoms with Gasteiger partial charge in [-0.05, 0) is 37.5 Å².